The Morgan fingerprint density at radius 2 is 0.571 bits per heavy atom. The zero-order valence-corrected chi connectivity index (χ0v) is 9.73. The summed E-state index contributed by atoms with van der Waals surface area (Å²) in [6.45, 7) is 0. The van der Waals surface area contributed by atoms with Crippen LogP contribution in [0.25, 0.3) is 0 Å². The zero-order chi connectivity index (χ0) is 0. The average molecular weight is 278 g/mol. The van der Waals surface area contributed by atoms with Crippen molar-refractivity contribution in [3.05, 3.63) is 0 Å². The minimum atomic E-state index is 0. The van der Waals surface area contributed by atoms with Gasteiger partial charge in [-0.3, -0.25) is 0 Å². The van der Waals surface area contributed by atoms with E-state index in [1.807, 2.05) is 0 Å². The fourth-order valence-corrected chi connectivity index (χ4v) is 0. The molecule has 0 saturated carbocycles. The number of halogens is 4. The second-order valence-electron chi connectivity index (χ2n) is 0. The van der Waals surface area contributed by atoms with Gasteiger partial charge in [0.1, 0.15) is 0 Å². The number of rotatable bonds is 0. The molecule has 0 rings (SSSR count). The molecule has 0 atom stereocenters. The summed E-state index contributed by atoms with van der Waals surface area (Å²) >= 11 is 0. The van der Waals surface area contributed by atoms with Crippen molar-refractivity contribution < 1.29 is 81.3 Å². The first-order valence-electron chi connectivity index (χ1n) is 0. The van der Waals surface area contributed by atoms with Gasteiger partial charge in [0, 0.05) is 0 Å². The number of hydrogen-bond acceptors (Lipinski definition) is 0. The minimum absolute atomic E-state index is 0. The second-order valence-corrected chi connectivity index (χ2v) is 0. The Morgan fingerprint density at radius 3 is 0.571 bits per heavy atom. The second kappa shape index (κ2) is 75.4. The van der Waals surface area contributed by atoms with E-state index >= 15 is 0 Å². The quantitative estimate of drug-likeness (QED) is 0.394. The zero-order valence-electron chi connectivity index (χ0n) is 3.09. The predicted molar refractivity (Wildman–Crippen MR) is 9.37 cm³/mol. The van der Waals surface area contributed by atoms with E-state index < -0.39 is 0 Å². The molecule has 0 bridgehead atoms. The molecule has 0 aromatic rings. The largest absolute Gasteiger partial charge is 4.00 e. The van der Waals surface area contributed by atoms with Crippen molar-refractivity contribution in [2.24, 2.45) is 0 Å². The molecule has 0 aliphatic carbocycles. The van der Waals surface area contributed by atoms with Crippen LogP contribution in [0.4, 0.5) is 0 Å². The molecule has 0 unspecified atom stereocenters. The molecule has 7 heteroatoms. The van der Waals surface area contributed by atoms with Crippen molar-refractivity contribution in [1.82, 2.24) is 0 Å². The van der Waals surface area contributed by atoms with Gasteiger partial charge in [0.05, 0.1) is 0 Å². The Kier molecular flexibility index (Phi) is 1160. The Bertz CT molecular complexity index is 11.7. The van der Waals surface area contributed by atoms with Gasteiger partial charge in [-0.25, -0.2) is 0 Å². The molecule has 0 saturated heterocycles. The van der Waals surface area contributed by atoms with Crippen LogP contribution in [0, 0.1) is 0 Å². The molecule has 1 nitrogen and oxygen atoms in total. The summed E-state index contributed by atoms with van der Waals surface area (Å²) in [5.74, 6) is 0. The van der Waals surface area contributed by atoms with Crippen LogP contribution in [0.1, 0.15) is 0 Å². The van der Waals surface area contributed by atoms with E-state index in [-0.39, 0.29) is 98.7 Å². The molecule has 0 heterocycles. The maximum atomic E-state index is 0. The third kappa shape index (κ3) is 56.7. The van der Waals surface area contributed by atoms with Crippen LogP contribution in [-0.2, 0) is 26.2 Å². The van der Waals surface area contributed by atoms with E-state index in [9.17, 15) is 0 Å². The van der Waals surface area contributed by atoms with Gasteiger partial charge in [0.15, 0.2) is 0 Å². The van der Waals surface area contributed by atoms with E-state index in [2.05, 4.69) is 0 Å². The van der Waals surface area contributed by atoms with Gasteiger partial charge in [-0.2, -0.15) is 0 Å². The van der Waals surface area contributed by atoms with E-state index in [1.165, 1.54) is 0 Å². The molecule has 0 aromatic heterocycles. The molecule has 0 aromatic carbocycles. The van der Waals surface area contributed by atoms with Crippen LogP contribution in [0.2, 0.25) is 0 Å². The Labute approximate surface area is 97.6 Å². The van der Waals surface area contributed by atoms with Crippen LogP contribution in [0.15, 0.2) is 0 Å². The molecule has 2 N–H and O–H groups in total. The van der Waals surface area contributed by atoms with E-state index in [1.54, 1.807) is 0 Å². The molecule has 0 aliphatic rings. The first-order valence-corrected chi connectivity index (χ1v) is 0. The van der Waals surface area contributed by atoms with Gasteiger partial charge in [-0.05, 0) is 0 Å². The Hall–Kier alpha value is 2.54. The molecule has 0 radical (unpaired) electrons. The maximum Gasteiger partial charge on any atom is 4.00 e. The third-order valence-electron chi connectivity index (χ3n) is 0. The monoisotopic (exact) mass is 275 g/mol. The minimum Gasteiger partial charge on any atom is -1.00 e. The third-order valence-corrected chi connectivity index (χ3v) is 0. The van der Waals surface area contributed by atoms with Crippen molar-refractivity contribution in [3.63, 3.8) is 0 Å². The van der Waals surface area contributed by atoms with Gasteiger partial charge < -0.3 is 55.1 Å². The van der Waals surface area contributed by atoms with Crippen molar-refractivity contribution in [1.29, 1.82) is 0 Å². The standard InChI is InChI=1S/Al.4ClH.H2O.Zr/h;4*1H;1H2;/q+3;;;;;;+4/p-4. The summed E-state index contributed by atoms with van der Waals surface area (Å²) < 4.78 is 0. The van der Waals surface area contributed by atoms with Gasteiger partial charge in [0.25, 0.3) is 0 Å². The summed E-state index contributed by atoms with van der Waals surface area (Å²) in [6.07, 6.45) is 0. The maximum absolute atomic E-state index is 0. The molecular weight excluding hydrogens is 276 g/mol. The van der Waals surface area contributed by atoms with Gasteiger partial charge in [-0.15, -0.1) is 0 Å². The van der Waals surface area contributed by atoms with E-state index in [4.69, 9.17) is 0 Å². The molecule has 40 valence electrons. The van der Waals surface area contributed by atoms with Gasteiger partial charge in [-0.1, -0.05) is 0 Å². The van der Waals surface area contributed by atoms with Crippen molar-refractivity contribution in [2.75, 3.05) is 0 Å². The summed E-state index contributed by atoms with van der Waals surface area (Å²) in [7, 11) is 0. The van der Waals surface area contributed by atoms with Crippen LogP contribution in [0.3, 0.4) is 0 Å². The van der Waals surface area contributed by atoms with Crippen LogP contribution in [0.5, 0.6) is 0 Å². The van der Waals surface area contributed by atoms with E-state index in [0.717, 1.165) is 0 Å². The van der Waals surface area contributed by atoms with Crippen LogP contribution in [-0.4, -0.2) is 22.8 Å². The fraction of sp³-hybridized carbons (Fsp3) is 0. The predicted octanol–water partition coefficient (Wildman–Crippen LogP) is -13.2. The molecule has 0 fully saturated rings. The normalized spacial score (nSPS) is 0. The van der Waals surface area contributed by atoms with Crippen molar-refractivity contribution >= 4 is 17.4 Å². The summed E-state index contributed by atoms with van der Waals surface area (Å²) in [4.78, 5) is 0. The average Bonchev–Trinajstić information content (AvgIpc) is 0. The fourth-order valence-electron chi connectivity index (χ4n) is 0. The van der Waals surface area contributed by atoms with Crippen LogP contribution >= 0.6 is 0 Å². The molecule has 0 spiro atoms. The van der Waals surface area contributed by atoms with Crippen molar-refractivity contribution in [3.8, 4) is 0 Å². The molecule has 0 aliphatic heterocycles. The molecule has 0 amide bonds. The topological polar surface area (TPSA) is 31.5 Å². The first kappa shape index (κ1) is 108. The Balaban J connectivity index is 0. The first-order chi connectivity index (χ1) is 0. The van der Waals surface area contributed by atoms with Crippen molar-refractivity contribution in [2.45, 2.75) is 0 Å². The Morgan fingerprint density at radius 1 is 0.571 bits per heavy atom. The SMILES string of the molecule is O.[Al+3].[Cl-].[Cl-].[Cl-].[Cl-].[Zr+4]. The van der Waals surface area contributed by atoms with E-state index in [0.29, 0.717) is 0 Å². The molecule has 7 heavy (non-hydrogen) atoms. The van der Waals surface area contributed by atoms with Gasteiger partial charge >= 0.3 is 43.6 Å². The van der Waals surface area contributed by atoms with Crippen LogP contribution < -0.4 is 49.6 Å². The van der Waals surface area contributed by atoms with Gasteiger partial charge in [0.2, 0.25) is 0 Å². The summed E-state index contributed by atoms with van der Waals surface area (Å²) in [5, 5.41) is 0. The summed E-state index contributed by atoms with van der Waals surface area (Å²) in [6, 6.07) is 0. The number of hydrogen-bond donors (Lipinski definition) is 0. The smallest absolute Gasteiger partial charge is 1.00 e. The summed E-state index contributed by atoms with van der Waals surface area (Å²) in [5.41, 5.74) is 0. The molecular formula is H2AlCl4OZr+3.